The molecule has 166 valence electrons. The van der Waals surface area contributed by atoms with Crippen molar-refractivity contribution < 1.29 is 19.1 Å². The SMILES string of the molecule is CC(=O)c1c(C)[nH]c(C(=O)COC(=O)c2nc(-c3ccccc3)n(-c3ccccc3)n2)c1C. The van der Waals surface area contributed by atoms with E-state index in [0.29, 0.717) is 22.6 Å². The number of carbonyl (C=O) groups is 3. The van der Waals surface area contributed by atoms with Crippen LogP contribution in [0.5, 0.6) is 0 Å². The van der Waals surface area contributed by atoms with Crippen LogP contribution in [0.3, 0.4) is 0 Å². The number of aryl methyl sites for hydroxylation is 1. The molecule has 0 bridgehead atoms. The van der Waals surface area contributed by atoms with Gasteiger partial charge in [0.15, 0.2) is 18.2 Å². The molecule has 0 unspecified atom stereocenters. The van der Waals surface area contributed by atoms with Crippen molar-refractivity contribution in [2.75, 3.05) is 6.61 Å². The fourth-order valence-electron chi connectivity index (χ4n) is 3.75. The van der Waals surface area contributed by atoms with Gasteiger partial charge in [0, 0.05) is 16.8 Å². The third-order valence-electron chi connectivity index (χ3n) is 5.23. The highest BCUT2D eigenvalue weighted by Gasteiger charge is 2.23. The number of para-hydroxylation sites is 1. The highest BCUT2D eigenvalue weighted by molar-refractivity contribution is 6.04. The molecule has 33 heavy (non-hydrogen) atoms. The number of nitrogens with zero attached hydrogens (tertiary/aromatic N) is 3. The molecule has 0 spiro atoms. The lowest BCUT2D eigenvalue weighted by molar-refractivity contribution is 0.0461. The summed E-state index contributed by atoms with van der Waals surface area (Å²) in [6.07, 6.45) is 0. The minimum atomic E-state index is -0.817. The van der Waals surface area contributed by atoms with Crippen LogP contribution in [0.2, 0.25) is 0 Å². The number of Topliss-reactive ketones (excluding diaryl/α,β-unsaturated/α-hetero) is 2. The Kier molecular flexibility index (Phi) is 5.99. The molecule has 1 N–H and O–H groups in total. The van der Waals surface area contributed by atoms with Gasteiger partial charge in [-0.1, -0.05) is 48.5 Å². The largest absolute Gasteiger partial charge is 0.451 e. The lowest BCUT2D eigenvalue weighted by Crippen LogP contribution is -2.16. The van der Waals surface area contributed by atoms with Crippen LogP contribution < -0.4 is 0 Å². The predicted molar refractivity (Wildman–Crippen MR) is 122 cm³/mol. The number of esters is 1. The summed E-state index contributed by atoms with van der Waals surface area (Å²) in [5.41, 5.74) is 3.37. The Morgan fingerprint density at radius 2 is 1.61 bits per heavy atom. The zero-order chi connectivity index (χ0) is 23.5. The summed E-state index contributed by atoms with van der Waals surface area (Å²) in [5.74, 6) is -1.08. The van der Waals surface area contributed by atoms with Gasteiger partial charge in [0.05, 0.1) is 11.4 Å². The van der Waals surface area contributed by atoms with Crippen molar-refractivity contribution in [2.24, 2.45) is 0 Å². The van der Waals surface area contributed by atoms with Gasteiger partial charge in [0.2, 0.25) is 5.78 Å². The summed E-state index contributed by atoms with van der Waals surface area (Å²) in [4.78, 5) is 44.4. The minimum absolute atomic E-state index is 0.138. The molecule has 0 aliphatic rings. The maximum atomic E-state index is 12.7. The van der Waals surface area contributed by atoms with Crippen LogP contribution in [0, 0.1) is 13.8 Å². The Morgan fingerprint density at radius 1 is 0.970 bits per heavy atom. The molecule has 0 radical (unpaired) electrons. The van der Waals surface area contributed by atoms with Crippen LogP contribution in [0.4, 0.5) is 0 Å². The van der Waals surface area contributed by atoms with Crippen LogP contribution in [0.1, 0.15) is 49.6 Å². The first-order valence-corrected chi connectivity index (χ1v) is 10.3. The number of ether oxygens (including phenoxy) is 1. The molecule has 0 saturated carbocycles. The number of aromatic amines is 1. The van der Waals surface area contributed by atoms with E-state index in [2.05, 4.69) is 15.1 Å². The van der Waals surface area contributed by atoms with Crippen molar-refractivity contribution in [3.8, 4) is 17.1 Å². The second kappa shape index (κ2) is 9.04. The topological polar surface area (TPSA) is 107 Å². The molecule has 4 aromatic rings. The molecule has 8 heteroatoms. The summed E-state index contributed by atoms with van der Waals surface area (Å²) in [6.45, 7) is 4.34. The van der Waals surface area contributed by atoms with Gasteiger partial charge in [0.1, 0.15) is 0 Å². The molecular weight excluding hydrogens is 420 g/mol. The van der Waals surface area contributed by atoms with Gasteiger partial charge in [-0.2, -0.15) is 0 Å². The first-order chi connectivity index (χ1) is 15.9. The monoisotopic (exact) mass is 442 g/mol. The Balaban J connectivity index is 1.58. The molecule has 0 saturated heterocycles. The van der Waals surface area contributed by atoms with E-state index in [1.807, 2.05) is 60.7 Å². The van der Waals surface area contributed by atoms with Crippen LogP contribution >= 0.6 is 0 Å². The van der Waals surface area contributed by atoms with Crippen LogP contribution in [-0.2, 0) is 4.74 Å². The number of hydrogen-bond acceptors (Lipinski definition) is 6. The van der Waals surface area contributed by atoms with Crippen molar-refractivity contribution in [3.05, 3.63) is 89.0 Å². The number of aromatic nitrogens is 4. The molecule has 2 aromatic heterocycles. The van der Waals surface area contributed by atoms with Crippen molar-refractivity contribution in [3.63, 3.8) is 0 Å². The Morgan fingerprint density at radius 3 is 2.21 bits per heavy atom. The van der Waals surface area contributed by atoms with E-state index in [9.17, 15) is 14.4 Å². The lowest BCUT2D eigenvalue weighted by atomic mass is 10.1. The van der Waals surface area contributed by atoms with Gasteiger partial charge in [0.25, 0.3) is 5.82 Å². The van der Waals surface area contributed by atoms with E-state index in [1.54, 1.807) is 18.5 Å². The van der Waals surface area contributed by atoms with Gasteiger partial charge in [-0.3, -0.25) is 9.59 Å². The molecule has 0 aliphatic carbocycles. The summed E-state index contributed by atoms with van der Waals surface area (Å²) in [7, 11) is 0. The van der Waals surface area contributed by atoms with E-state index < -0.39 is 18.4 Å². The van der Waals surface area contributed by atoms with Crippen LogP contribution in [0.25, 0.3) is 17.1 Å². The molecule has 0 atom stereocenters. The Hall–Kier alpha value is -4.33. The smallest absolute Gasteiger partial charge is 0.378 e. The molecule has 2 aromatic carbocycles. The van der Waals surface area contributed by atoms with E-state index in [4.69, 9.17) is 4.74 Å². The highest BCUT2D eigenvalue weighted by atomic mass is 16.5. The summed E-state index contributed by atoms with van der Waals surface area (Å²) in [6, 6.07) is 18.6. The number of H-pyrrole nitrogens is 1. The van der Waals surface area contributed by atoms with Crippen LogP contribution in [0.15, 0.2) is 60.7 Å². The van der Waals surface area contributed by atoms with Crippen molar-refractivity contribution in [1.29, 1.82) is 0 Å². The highest BCUT2D eigenvalue weighted by Crippen LogP contribution is 2.22. The van der Waals surface area contributed by atoms with E-state index in [1.165, 1.54) is 6.92 Å². The summed E-state index contributed by atoms with van der Waals surface area (Å²) in [5, 5.41) is 4.33. The quantitative estimate of drug-likeness (QED) is 0.341. The number of ketones is 2. The standard InChI is InChI=1S/C25H22N4O4/c1-15-21(17(3)30)16(2)26-22(15)20(31)14-33-25(32)23-27-24(18-10-6-4-7-11-18)29(28-23)19-12-8-5-9-13-19/h4-13,26H,14H2,1-3H3. The number of carbonyl (C=O) groups excluding carboxylic acids is 3. The lowest BCUT2D eigenvalue weighted by Gasteiger charge is -2.05. The maximum absolute atomic E-state index is 12.7. The number of hydrogen-bond donors (Lipinski definition) is 1. The number of nitrogens with one attached hydrogen (secondary N) is 1. The molecule has 0 aliphatic heterocycles. The summed E-state index contributed by atoms with van der Waals surface area (Å²) < 4.78 is 6.78. The van der Waals surface area contributed by atoms with Crippen molar-refractivity contribution in [2.45, 2.75) is 20.8 Å². The maximum Gasteiger partial charge on any atom is 0.378 e. The van der Waals surface area contributed by atoms with E-state index in [-0.39, 0.29) is 17.3 Å². The second-order valence-electron chi connectivity index (χ2n) is 7.55. The second-order valence-corrected chi connectivity index (χ2v) is 7.55. The predicted octanol–water partition coefficient (Wildman–Crippen LogP) is 4.12. The van der Waals surface area contributed by atoms with Gasteiger partial charge >= 0.3 is 5.97 Å². The average molecular weight is 442 g/mol. The van der Waals surface area contributed by atoms with Gasteiger partial charge < -0.3 is 9.72 Å². The molecular formula is C25H22N4O4. The number of benzene rings is 2. The molecule has 0 amide bonds. The van der Waals surface area contributed by atoms with E-state index in [0.717, 1.165) is 11.3 Å². The Bertz CT molecular complexity index is 1280. The zero-order valence-corrected chi connectivity index (χ0v) is 18.5. The Labute approximate surface area is 190 Å². The zero-order valence-electron chi connectivity index (χ0n) is 18.5. The third-order valence-corrected chi connectivity index (χ3v) is 5.23. The van der Waals surface area contributed by atoms with Gasteiger partial charge in [-0.25, -0.2) is 14.5 Å². The third kappa shape index (κ3) is 4.36. The molecule has 0 fully saturated rings. The normalized spacial score (nSPS) is 10.8. The van der Waals surface area contributed by atoms with Crippen molar-refractivity contribution in [1.82, 2.24) is 19.7 Å². The molecule has 4 rings (SSSR count). The van der Waals surface area contributed by atoms with Gasteiger partial charge in [-0.05, 0) is 38.5 Å². The fraction of sp³-hybridized carbons (Fsp3) is 0.160. The first-order valence-electron chi connectivity index (χ1n) is 10.3. The molecule has 8 nitrogen and oxygen atoms in total. The molecule has 2 heterocycles. The first kappa shape index (κ1) is 21.9. The fourth-order valence-corrected chi connectivity index (χ4v) is 3.75. The van der Waals surface area contributed by atoms with Crippen molar-refractivity contribution >= 4 is 17.5 Å². The number of rotatable bonds is 7. The van der Waals surface area contributed by atoms with E-state index >= 15 is 0 Å². The minimum Gasteiger partial charge on any atom is -0.451 e. The van der Waals surface area contributed by atoms with Crippen LogP contribution in [-0.4, -0.2) is 43.9 Å². The summed E-state index contributed by atoms with van der Waals surface area (Å²) >= 11 is 0. The average Bonchev–Trinajstić information content (AvgIpc) is 3.39. The van der Waals surface area contributed by atoms with Gasteiger partial charge in [-0.15, -0.1) is 5.10 Å².